The monoisotopic (exact) mass is 286 g/mol. The average Bonchev–Trinajstić information content (AvgIpc) is 2.36. The first-order chi connectivity index (χ1) is 8.53. The van der Waals surface area contributed by atoms with E-state index in [9.17, 15) is 0 Å². The fourth-order valence-electron chi connectivity index (χ4n) is 1.59. The minimum absolute atomic E-state index is 0.0865. The Hall–Kier alpha value is -1.18. The zero-order valence-corrected chi connectivity index (χ0v) is 12.2. The summed E-state index contributed by atoms with van der Waals surface area (Å²) in [7, 11) is 1.75. The van der Waals surface area contributed by atoms with E-state index < -0.39 is 0 Å². The maximum atomic E-state index is 8.88. The summed E-state index contributed by atoms with van der Waals surface area (Å²) >= 11 is 12.2. The third kappa shape index (κ3) is 3.41. The molecule has 1 aromatic heterocycles. The Balaban J connectivity index is 3.09. The van der Waals surface area contributed by atoms with E-state index in [1.54, 1.807) is 13.1 Å². The summed E-state index contributed by atoms with van der Waals surface area (Å²) in [5.41, 5.74) is 0. The summed E-state index contributed by atoms with van der Waals surface area (Å²) in [4.78, 5) is 6.36. The number of aromatic nitrogens is 1. The van der Waals surface area contributed by atoms with Crippen molar-refractivity contribution < 1.29 is 0 Å². The zero-order chi connectivity index (χ0) is 13.7. The molecule has 98 valence electrons. The van der Waals surface area contributed by atoms with E-state index in [-0.39, 0.29) is 5.92 Å². The van der Waals surface area contributed by atoms with E-state index in [2.05, 4.69) is 16.4 Å². The van der Waals surface area contributed by atoms with Crippen LogP contribution in [0.1, 0.15) is 13.8 Å². The van der Waals surface area contributed by atoms with Crippen molar-refractivity contribution in [2.24, 2.45) is 5.92 Å². The van der Waals surface area contributed by atoms with Gasteiger partial charge >= 0.3 is 0 Å². The summed E-state index contributed by atoms with van der Waals surface area (Å²) in [6.45, 7) is 5.18. The van der Waals surface area contributed by atoms with Gasteiger partial charge in [-0.1, -0.05) is 23.2 Å². The quantitative estimate of drug-likeness (QED) is 0.901. The summed E-state index contributed by atoms with van der Waals surface area (Å²) in [5, 5.41) is 12.8. The van der Waals surface area contributed by atoms with Gasteiger partial charge < -0.3 is 10.2 Å². The molecule has 0 aliphatic rings. The Morgan fingerprint density at radius 1 is 1.50 bits per heavy atom. The van der Waals surface area contributed by atoms with E-state index in [4.69, 9.17) is 28.5 Å². The van der Waals surface area contributed by atoms with E-state index in [1.807, 2.05) is 18.7 Å². The second-order valence-corrected chi connectivity index (χ2v) is 4.76. The van der Waals surface area contributed by atoms with Crippen LogP contribution in [0.5, 0.6) is 0 Å². The van der Waals surface area contributed by atoms with Crippen molar-refractivity contribution in [3.05, 3.63) is 16.1 Å². The number of nitrogens with one attached hydrogen (secondary N) is 1. The highest BCUT2D eigenvalue weighted by Crippen LogP contribution is 2.31. The zero-order valence-electron chi connectivity index (χ0n) is 10.7. The lowest BCUT2D eigenvalue weighted by Gasteiger charge is -2.24. The lowest BCUT2D eigenvalue weighted by atomic mass is 10.2. The van der Waals surface area contributed by atoms with Gasteiger partial charge in [-0.15, -0.1) is 0 Å². The molecular formula is C12H16Cl2N4. The number of nitriles is 1. The molecule has 1 N–H and O–H groups in total. The molecular weight excluding hydrogens is 271 g/mol. The van der Waals surface area contributed by atoms with Crippen molar-refractivity contribution in [1.29, 1.82) is 5.26 Å². The molecule has 1 heterocycles. The Bertz CT molecular complexity index is 456. The first-order valence-corrected chi connectivity index (χ1v) is 6.47. The molecule has 1 aromatic rings. The molecule has 1 unspecified atom stereocenters. The largest absolute Gasteiger partial charge is 0.372 e. The SMILES string of the molecule is CCN(CC(C)C#N)c1nc(NC)c(Cl)cc1Cl. The lowest BCUT2D eigenvalue weighted by Crippen LogP contribution is -2.29. The molecule has 0 spiro atoms. The summed E-state index contributed by atoms with van der Waals surface area (Å²) < 4.78 is 0. The summed E-state index contributed by atoms with van der Waals surface area (Å²) in [6.07, 6.45) is 0. The van der Waals surface area contributed by atoms with Crippen LogP contribution in [0.15, 0.2) is 6.07 Å². The van der Waals surface area contributed by atoms with Crippen molar-refractivity contribution in [3.8, 4) is 6.07 Å². The highest BCUT2D eigenvalue weighted by molar-refractivity contribution is 6.37. The predicted octanol–water partition coefficient (Wildman–Crippen LogP) is 3.42. The Morgan fingerprint density at radius 3 is 2.67 bits per heavy atom. The minimum atomic E-state index is -0.0865. The molecule has 0 bridgehead atoms. The highest BCUT2D eigenvalue weighted by atomic mass is 35.5. The van der Waals surface area contributed by atoms with Gasteiger partial charge in [0.25, 0.3) is 0 Å². The molecule has 0 fully saturated rings. The van der Waals surface area contributed by atoms with E-state index in [0.29, 0.717) is 28.2 Å². The molecule has 0 aromatic carbocycles. The van der Waals surface area contributed by atoms with Crippen LogP contribution in [-0.4, -0.2) is 25.1 Å². The molecule has 0 aliphatic carbocycles. The second kappa shape index (κ2) is 6.67. The first-order valence-electron chi connectivity index (χ1n) is 5.71. The second-order valence-electron chi connectivity index (χ2n) is 3.94. The van der Waals surface area contributed by atoms with Gasteiger partial charge in [0.1, 0.15) is 11.6 Å². The van der Waals surface area contributed by atoms with E-state index >= 15 is 0 Å². The maximum Gasteiger partial charge on any atom is 0.149 e. The van der Waals surface area contributed by atoms with Crippen molar-refractivity contribution in [3.63, 3.8) is 0 Å². The van der Waals surface area contributed by atoms with Gasteiger partial charge in [0.05, 0.1) is 22.0 Å². The number of nitrogens with zero attached hydrogens (tertiary/aromatic N) is 3. The van der Waals surface area contributed by atoms with Crippen LogP contribution < -0.4 is 10.2 Å². The summed E-state index contributed by atoms with van der Waals surface area (Å²) in [6, 6.07) is 3.87. The Labute approximate surface area is 118 Å². The number of hydrogen-bond donors (Lipinski definition) is 1. The fraction of sp³-hybridized carbons (Fsp3) is 0.500. The third-order valence-corrected chi connectivity index (χ3v) is 3.11. The van der Waals surface area contributed by atoms with Crippen LogP contribution in [-0.2, 0) is 0 Å². The van der Waals surface area contributed by atoms with Crippen LogP contribution in [0, 0.1) is 17.2 Å². The van der Waals surface area contributed by atoms with Crippen LogP contribution in [0.4, 0.5) is 11.6 Å². The molecule has 18 heavy (non-hydrogen) atoms. The average molecular weight is 287 g/mol. The van der Waals surface area contributed by atoms with E-state index in [1.165, 1.54) is 0 Å². The van der Waals surface area contributed by atoms with E-state index in [0.717, 1.165) is 6.54 Å². The van der Waals surface area contributed by atoms with Crippen molar-refractivity contribution in [2.75, 3.05) is 30.4 Å². The first kappa shape index (κ1) is 14.9. The summed E-state index contributed by atoms with van der Waals surface area (Å²) in [5.74, 6) is 1.14. The van der Waals surface area contributed by atoms with Gasteiger partial charge in [0, 0.05) is 20.1 Å². The molecule has 0 radical (unpaired) electrons. The van der Waals surface area contributed by atoms with Crippen molar-refractivity contribution >= 4 is 34.8 Å². The lowest BCUT2D eigenvalue weighted by molar-refractivity contribution is 0.680. The normalized spacial score (nSPS) is 11.8. The Kier molecular flexibility index (Phi) is 5.52. The molecule has 0 aliphatic heterocycles. The van der Waals surface area contributed by atoms with Crippen molar-refractivity contribution in [2.45, 2.75) is 13.8 Å². The maximum absolute atomic E-state index is 8.88. The minimum Gasteiger partial charge on any atom is -0.372 e. The number of halogens is 2. The molecule has 1 rings (SSSR count). The van der Waals surface area contributed by atoms with Gasteiger partial charge in [-0.3, -0.25) is 0 Å². The highest BCUT2D eigenvalue weighted by Gasteiger charge is 2.16. The Morgan fingerprint density at radius 2 is 2.17 bits per heavy atom. The van der Waals surface area contributed by atoms with Crippen LogP contribution in [0.2, 0.25) is 10.0 Å². The molecule has 1 atom stereocenters. The van der Waals surface area contributed by atoms with Crippen LogP contribution in [0.25, 0.3) is 0 Å². The molecule has 0 saturated carbocycles. The predicted molar refractivity (Wildman–Crippen MR) is 76.5 cm³/mol. The topological polar surface area (TPSA) is 52.0 Å². The number of anilines is 2. The van der Waals surface area contributed by atoms with Crippen LogP contribution in [0.3, 0.4) is 0 Å². The molecule has 4 nitrogen and oxygen atoms in total. The van der Waals surface area contributed by atoms with Gasteiger partial charge in [-0.05, 0) is 19.9 Å². The number of rotatable bonds is 5. The third-order valence-electron chi connectivity index (χ3n) is 2.54. The fourth-order valence-corrected chi connectivity index (χ4v) is 2.16. The van der Waals surface area contributed by atoms with Crippen molar-refractivity contribution in [1.82, 2.24) is 4.98 Å². The van der Waals surface area contributed by atoms with Gasteiger partial charge in [-0.2, -0.15) is 5.26 Å². The number of pyridine rings is 1. The standard InChI is InChI=1S/C12H16Cl2N4/c1-4-18(7-8(2)6-15)12-10(14)5-9(13)11(16-3)17-12/h5,8H,4,7H2,1-3H3,(H,16,17). The van der Waals surface area contributed by atoms with Gasteiger partial charge in [0.15, 0.2) is 0 Å². The molecule has 6 heteroatoms. The van der Waals surface area contributed by atoms with Gasteiger partial charge in [-0.25, -0.2) is 4.98 Å². The van der Waals surface area contributed by atoms with Crippen LogP contribution >= 0.6 is 23.2 Å². The molecule has 0 saturated heterocycles. The number of hydrogen-bond acceptors (Lipinski definition) is 4. The van der Waals surface area contributed by atoms with Gasteiger partial charge in [0.2, 0.25) is 0 Å². The smallest absolute Gasteiger partial charge is 0.149 e. The molecule has 0 amide bonds.